The van der Waals surface area contributed by atoms with Gasteiger partial charge in [-0.25, -0.2) is 4.39 Å². The van der Waals surface area contributed by atoms with E-state index in [9.17, 15) is 9.18 Å². The van der Waals surface area contributed by atoms with Gasteiger partial charge in [0.05, 0.1) is 0 Å². The molecule has 3 nitrogen and oxygen atoms in total. The van der Waals surface area contributed by atoms with Gasteiger partial charge in [-0.3, -0.25) is 4.79 Å². The topological polar surface area (TPSA) is 29.5 Å². The predicted octanol–water partition coefficient (Wildman–Crippen LogP) is 3.76. The third kappa shape index (κ3) is 4.68. The van der Waals surface area contributed by atoms with E-state index in [1.165, 1.54) is 18.2 Å². The summed E-state index contributed by atoms with van der Waals surface area (Å²) in [5.74, 6) is -0.103. The van der Waals surface area contributed by atoms with Crippen molar-refractivity contribution < 1.29 is 13.9 Å². The predicted molar refractivity (Wildman–Crippen MR) is 81.1 cm³/mol. The molecule has 1 atom stereocenters. The van der Waals surface area contributed by atoms with Crippen LogP contribution in [-0.2, 0) is 4.74 Å². The van der Waals surface area contributed by atoms with Crippen molar-refractivity contribution in [2.45, 2.75) is 25.7 Å². The van der Waals surface area contributed by atoms with Gasteiger partial charge >= 0.3 is 0 Å². The first-order chi connectivity index (χ1) is 10.1. The minimum absolute atomic E-state index is 0.132. The molecule has 5 heteroatoms. The third-order valence-corrected chi connectivity index (χ3v) is 4.09. The van der Waals surface area contributed by atoms with Gasteiger partial charge in [-0.2, -0.15) is 0 Å². The molecule has 0 aromatic heterocycles. The smallest absolute Gasteiger partial charge is 0.254 e. The lowest BCUT2D eigenvalue weighted by Gasteiger charge is -2.33. The van der Waals surface area contributed by atoms with Crippen molar-refractivity contribution in [3.8, 4) is 0 Å². The number of hydrogen-bond acceptors (Lipinski definition) is 2. The maximum absolute atomic E-state index is 13.4. The largest absolute Gasteiger partial charge is 0.385 e. The number of rotatable bonds is 5. The summed E-state index contributed by atoms with van der Waals surface area (Å²) in [4.78, 5) is 14.3. The highest BCUT2D eigenvalue weighted by Crippen LogP contribution is 2.23. The van der Waals surface area contributed by atoms with Gasteiger partial charge < -0.3 is 9.64 Å². The maximum atomic E-state index is 13.4. The second-order valence-corrected chi connectivity index (χ2v) is 5.99. The molecule has 1 amide bonds. The molecule has 1 aliphatic heterocycles. The minimum Gasteiger partial charge on any atom is -0.385 e. The standard InChI is InChI=1S/C16H21ClFNO2/c1-21-7-3-5-12-4-2-6-19(11-12)16(20)13-8-14(17)10-15(18)9-13/h8-10,12H,2-7,11H2,1H3/t12-/m0/s1. The number of carbonyl (C=O) groups is 1. The molecule has 0 bridgehead atoms. The van der Waals surface area contributed by atoms with E-state index in [4.69, 9.17) is 16.3 Å². The number of carbonyl (C=O) groups excluding carboxylic acids is 1. The van der Waals surface area contributed by atoms with Crippen LogP contribution in [0.2, 0.25) is 5.02 Å². The van der Waals surface area contributed by atoms with Crippen LogP contribution in [0.25, 0.3) is 0 Å². The number of methoxy groups -OCH3 is 1. The fourth-order valence-corrected chi connectivity index (χ4v) is 3.08. The van der Waals surface area contributed by atoms with E-state index in [1.54, 1.807) is 7.11 Å². The van der Waals surface area contributed by atoms with E-state index < -0.39 is 5.82 Å². The summed E-state index contributed by atoms with van der Waals surface area (Å²) in [6.45, 7) is 2.22. The Labute approximate surface area is 130 Å². The lowest BCUT2D eigenvalue weighted by atomic mass is 9.93. The van der Waals surface area contributed by atoms with Gasteiger partial charge in [0.1, 0.15) is 5.82 Å². The molecule has 2 rings (SSSR count). The summed E-state index contributed by atoms with van der Waals surface area (Å²) >= 11 is 5.82. The van der Waals surface area contributed by atoms with E-state index in [2.05, 4.69) is 0 Å². The summed E-state index contributed by atoms with van der Waals surface area (Å²) in [6.07, 6.45) is 4.19. The molecule has 0 unspecified atom stereocenters. The number of piperidine rings is 1. The van der Waals surface area contributed by atoms with Crippen molar-refractivity contribution in [3.05, 3.63) is 34.6 Å². The van der Waals surface area contributed by atoms with Crippen LogP contribution in [0.15, 0.2) is 18.2 Å². The van der Waals surface area contributed by atoms with Gasteiger partial charge in [0, 0.05) is 37.4 Å². The molecule has 0 spiro atoms. The van der Waals surface area contributed by atoms with E-state index in [0.717, 1.165) is 45.4 Å². The minimum atomic E-state index is -0.473. The molecule has 0 N–H and O–H groups in total. The SMILES string of the molecule is COCCC[C@@H]1CCCN(C(=O)c2cc(F)cc(Cl)c2)C1. The van der Waals surface area contributed by atoms with E-state index in [1.807, 2.05) is 4.90 Å². The highest BCUT2D eigenvalue weighted by atomic mass is 35.5. The zero-order valence-electron chi connectivity index (χ0n) is 12.3. The van der Waals surface area contributed by atoms with Crippen molar-refractivity contribution >= 4 is 17.5 Å². The molecule has 116 valence electrons. The molecule has 0 radical (unpaired) electrons. The van der Waals surface area contributed by atoms with Crippen LogP contribution in [0.1, 0.15) is 36.0 Å². The first-order valence-electron chi connectivity index (χ1n) is 7.34. The molecule has 1 saturated heterocycles. The molecule has 21 heavy (non-hydrogen) atoms. The molecule has 1 aromatic carbocycles. The number of likely N-dealkylation sites (tertiary alicyclic amines) is 1. The molecule has 1 aromatic rings. The Bertz CT molecular complexity index is 475. The molecule has 0 aliphatic carbocycles. The van der Waals surface area contributed by atoms with Crippen molar-refractivity contribution in [3.63, 3.8) is 0 Å². The summed E-state index contributed by atoms with van der Waals surface area (Å²) in [6, 6.07) is 3.99. The highest BCUT2D eigenvalue weighted by Gasteiger charge is 2.24. The highest BCUT2D eigenvalue weighted by molar-refractivity contribution is 6.31. The van der Waals surface area contributed by atoms with Crippen LogP contribution >= 0.6 is 11.6 Å². The van der Waals surface area contributed by atoms with Gasteiger partial charge in [0.2, 0.25) is 0 Å². The fourth-order valence-electron chi connectivity index (χ4n) is 2.86. The molecule has 1 fully saturated rings. The Hall–Kier alpha value is -1.13. The van der Waals surface area contributed by atoms with Crippen LogP contribution in [0, 0.1) is 11.7 Å². The number of nitrogens with zero attached hydrogens (tertiary/aromatic N) is 1. The quantitative estimate of drug-likeness (QED) is 0.775. The Balaban J connectivity index is 1.98. The first kappa shape index (κ1) is 16.2. The second-order valence-electron chi connectivity index (χ2n) is 5.55. The summed E-state index contributed by atoms with van der Waals surface area (Å²) < 4.78 is 18.4. The van der Waals surface area contributed by atoms with E-state index in [-0.39, 0.29) is 10.9 Å². The second kappa shape index (κ2) is 7.76. The fraction of sp³-hybridized carbons (Fsp3) is 0.562. The van der Waals surface area contributed by atoms with Crippen molar-refractivity contribution in [1.29, 1.82) is 0 Å². The van der Waals surface area contributed by atoms with Crippen LogP contribution < -0.4 is 0 Å². The van der Waals surface area contributed by atoms with Crippen molar-refractivity contribution in [2.75, 3.05) is 26.8 Å². The van der Waals surface area contributed by atoms with Gasteiger partial charge in [-0.05, 0) is 49.8 Å². The Morgan fingerprint density at radius 2 is 2.29 bits per heavy atom. The summed E-state index contributed by atoms with van der Waals surface area (Å²) in [5, 5.41) is 0.256. The molecule has 1 aliphatic rings. The third-order valence-electron chi connectivity index (χ3n) is 3.88. The first-order valence-corrected chi connectivity index (χ1v) is 7.72. The Morgan fingerprint density at radius 1 is 1.48 bits per heavy atom. The monoisotopic (exact) mass is 313 g/mol. The zero-order valence-corrected chi connectivity index (χ0v) is 13.0. The molecule has 1 heterocycles. The Morgan fingerprint density at radius 3 is 3.00 bits per heavy atom. The number of amides is 1. The van der Waals surface area contributed by atoms with Crippen LogP contribution in [0.4, 0.5) is 4.39 Å². The molecular formula is C16H21ClFNO2. The van der Waals surface area contributed by atoms with Gasteiger partial charge in [0.15, 0.2) is 0 Å². The summed E-state index contributed by atoms with van der Waals surface area (Å²) in [7, 11) is 1.70. The van der Waals surface area contributed by atoms with Gasteiger partial charge in [0.25, 0.3) is 5.91 Å². The number of hydrogen-bond donors (Lipinski definition) is 0. The average molecular weight is 314 g/mol. The van der Waals surface area contributed by atoms with Crippen LogP contribution in [0.3, 0.4) is 0 Å². The maximum Gasteiger partial charge on any atom is 0.254 e. The lowest BCUT2D eigenvalue weighted by Crippen LogP contribution is -2.40. The molecular weight excluding hydrogens is 293 g/mol. The van der Waals surface area contributed by atoms with Crippen molar-refractivity contribution in [2.24, 2.45) is 5.92 Å². The van der Waals surface area contributed by atoms with Crippen LogP contribution in [-0.4, -0.2) is 37.6 Å². The number of halogens is 2. The average Bonchev–Trinajstić information content (AvgIpc) is 2.46. The van der Waals surface area contributed by atoms with Crippen LogP contribution in [0.5, 0.6) is 0 Å². The van der Waals surface area contributed by atoms with Gasteiger partial charge in [-0.15, -0.1) is 0 Å². The molecule has 0 saturated carbocycles. The number of benzene rings is 1. The number of ether oxygens (including phenoxy) is 1. The summed E-state index contributed by atoms with van der Waals surface area (Å²) in [5.41, 5.74) is 0.331. The normalized spacial score (nSPS) is 18.8. The zero-order chi connectivity index (χ0) is 15.2. The lowest BCUT2D eigenvalue weighted by molar-refractivity contribution is 0.0660. The van der Waals surface area contributed by atoms with E-state index >= 15 is 0 Å². The van der Waals surface area contributed by atoms with Gasteiger partial charge in [-0.1, -0.05) is 11.6 Å². The van der Waals surface area contributed by atoms with E-state index in [0.29, 0.717) is 11.5 Å². The Kier molecular flexibility index (Phi) is 6.00. The van der Waals surface area contributed by atoms with Crippen molar-refractivity contribution in [1.82, 2.24) is 4.90 Å².